The van der Waals surface area contributed by atoms with Gasteiger partial charge in [0.25, 0.3) is 5.91 Å². The van der Waals surface area contributed by atoms with E-state index in [0.717, 1.165) is 5.56 Å². The van der Waals surface area contributed by atoms with E-state index >= 15 is 0 Å². The fraction of sp³-hybridized carbons (Fsp3) is 0.316. The van der Waals surface area contributed by atoms with Crippen LogP contribution >= 0.6 is 0 Å². The van der Waals surface area contributed by atoms with Gasteiger partial charge in [-0.15, -0.1) is 0 Å². The number of carbonyl (C=O) groups excluding carboxylic acids is 1. The third-order valence-corrected chi connectivity index (χ3v) is 6.03. The number of nitrogens with zero attached hydrogens (tertiary/aromatic N) is 1. The molecule has 8 heteroatoms. The molecule has 144 valence electrons. The maximum atomic E-state index is 13.1. The molecule has 1 fully saturated rings. The first-order valence-corrected chi connectivity index (χ1v) is 10.0. The van der Waals surface area contributed by atoms with Crippen molar-refractivity contribution in [3.8, 4) is 0 Å². The van der Waals surface area contributed by atoms with Crippen molar-refractivity contribution in [1.82, 2.24) is 9.62 Å². The van der Waals surface area contributed by atoms with Gasteiger partial charge in [-0.1, -0.05) is 18.2 Å². The molecule has 1 N–H and O–H groups in total. The highest BCUT2D eigenvalue weighted by molar-refractivity contribution is 7.89. The molecule has 3 rings (SSSR count). The van der Waals surface area contributed by atoms with Crippen molar-refractivity contribution in [3.05, 3.63) is 65.0 Å². The summed E-state index contributed by atoms with van der Waals surface area (Å²) in [6, 6.07) is 10.5. The van der Waals surface area contributed by atoms with Crippen LogP contribution in [-0.2, 0) is 14.8 Å². The van der Waals surface area contributed by atoms with E-state index in [2.05, 4.69) is 4.72 Å². The molecule has 0 aromatic heterocycles. The molecule has 2 aromatic rings. The summed E-state index contributed by atoms with van der Waals surface area (Å²) in [4.78, 5) is 14.7. The van der Waals surface area contributed by atoms with Gasteiger partial charge in [-0.3, -0.25) is 4.79 Å². The Kier molecular flexibility index (Phi) is 5.59. The minimum absolute atomic E-state index is 0.0438. The number of amides is 1. The van der Waals surface area contributed by atoms with E-state index in [1.54, 1.807) is 30.0 Å². The summed E-state index contributed by atoms with van der Waals surface area (Å²) in [5.74, 6) is -0.586. The maximum absolute atomic E-state index is 13.1. The van der Waals surface area contributed by atoms with Crippen LogP contribution in [0.5, 0.6) is 0 Å². The minimum atomic E-state index is -3.64. The van der Waals surface area contributed by atoms with Crippen molar-refractivity contribution in [2.45, 2.75) is 17.9 Å². The average molecular weight is 392 g/mol. The summed E-state index contributed by atoms with van der Waals surface area (Å²) < 4.78 is 45.2. The molecule has 1 heterocycles. The van der Waals surface area contributed by atoms with Crippen LogP contribution in [0, 0.1) is 12.7 Å². The van der Waals surface area contributed by atoms with Crippen molar-refractivity contribution >= 4 is 15.9 Å². The first-order chi connectivity index (χ1) is 12.8. The van der Waals surface area contributed by atoms with E-state index in [9.17, 15) is 17.6 Å². The number of rotatable bonds is 4. The largest absolute Gasteiger partial charge is 0.370 e. The van der Waals surface area contributed by atoms with E-state index in [-0.39, 0.29) is 22.7 Å². The third kappa shape index (κ3) is 4.18. The maximum Gasteiger partial charge on any atom is 0.254 e. The Labute approximate surface area is 158 Å². The Hall–Kier alpha value is -2.29. The highest BCUT2D eigenvalue weighted by Crippen LogP contribution is 2.25. The Balaban J connectivity index is 1.85. The molecular formula is C19H21FN2O4S. The zero-order valence-corrected chi connectivity index (χ0v) is 15.9. The molecule has 1 saturated heterocycles. The van der Waals surface area contributed by atoms with Gasteiger partial charge in [0.1, 0.15) is 11.9 Å². The summed E-state index contributed by atoms with van der Waals surface area (Å²) in [5.41, 5.74) is 1.82. The number of carbonyl (C=O) groups is 1. The van der Waals surface area contributed by atoms with Crippen LogP contribution in [0.4, 0.5) is 4.39 Å². The topological polar surface area (TPSA) is 75.7 Å². The van der Waals surface area contributed by atoms with Gasteiger partial charge in [0.2, 0.25) is 10.0 Å². The molecule has 0 saturated carbocycles. The summed E-state index contributed by atoms with van der Waals surface area (Å²) in [7, 11) is -2.32. The van der Waals surface area contributed by atoms with Crippen LogP contribution in [0.15, 0.2) is 47.4 Å². The minimum Gasteiger partial charge on any atom is -0.370 e. The molecule has 1 atom stereocenters. The Bertz CT molecular complexity index is 945. The van der Waals surface area contributed by atoms with E-state index in [1.165, 1.54) is 31.3 Å². The van der Waals surface area contributed by atoms with Gasteiger partial charge in [0.15, 0.2) is 0 Å². The summed E-state index contributed by atoms with van der Waals surface area (Å²) in [6.07, 6.45) is -0.354. The zero-order chi connectivity index (χ0) is 19.6. The molecule has 1 aliphatic rings. The van der Waals surface area contributed by atoms with Crippen molar-refractivity contribution < 1.29 is 22.3 Å². The van der Waals surface area contributed by atoms with E-state index in [0.29, 0.717) is 30.8 Å². The fourth-order valence-electron chi connectivity index (χ4n) is 3.00. The molecule has 0 aliphatic carbocycles. The van der Waals surface area contributed by atoms with Crippen molar-refractivity contribution in [2.24, 2.45) is 0 Å². The summed E-state index contributed by atoms with van der Waals surface area (Å²) in [5, 5.41) is 0. The second-order valence-electron chi connectivity index (χ2n) is 6.35. The first kappa shape index (κ1) is 19.5. The lowest BCUT2D eigenvalue weighted by Gasteiger charge is -2.33. The highest BCUT2D eigenvalue weighted by atomic mass is 32.2. The van der Waals surface area contributed by atoms with Crippen LogP contribution in [0.1, 0.15) is 27.6 Å². The van der Waals surface area contributed by atoms with E-state index in [1.807, 2.05) is 0 Å². The van der Waals surface area contributed by atoms with Gasteiger partial charge in [-0.2, -0.15) is 0 Å². The molecule has 0 radical (unpaired) electrons. The summed E-state index contributed by atoms with van der Waals surface area (Å²) >= 11 is 0. The lowest BCUT2D eigenvalue weighted by atomic mass is 10.0. The third-order valence-electron chi connectivity index (χ3n) is 4.61. The lowest BCUT2D eigenvalue weighted by molar-refractivity contribution is -0.0228. The van der Waals surface area contributed by atoms with Crippen LogP contribution in [0.3, 0.4) is 0 Å². The van der Waals surface area contributed by atoms with Gasteiger partial charge < -0.3 is 9.64 Å². The van der Waals surface area contributed by atoms with Crippen molar-refractivity contribution in [3.63, 3.8) is 0 Å². The zero-order valence-electron chi connectivity index (χ0n) is 15.1. The smallest absolute Gasteiger partial charge is 0.254 e. The SMILES string of the molecule is CNS(=O)(=O)c1ccc(C)c(C(=O)N2CCOC(c3ccc(F)cc3)C2)c1. The number of aryl methyl sites for hydroxylation is 1. The van der Waals surface area contributed by atoms with Gasteiger partial charge in [-0.25, -0.2) is 17.5 Å². The van der Waals surface area contributed by atoms with Gasteiger partial charge in [-0.05, 0) is 49.4 Å². The van der Waals surface area contributed by atoms with Crippen molar-refractivity contribution in [1.29, 1.82) is 0 Å². The van der Waals surface area contributed by atoms with E-state index < -0.39 is 10.0 Å². The fourth-order valence-corrected chi connectivity index (χ4v) is 3.76. The molecule has 0 spiro atoms. The predicted octanol–water partition coefficient (Wildman–Crippen LogP) is 2.26. The molecule has 1 unspecified atom stereocenters. The standard InChI is InChI=1S/C19H21FN2O4S/c1-13-3-8-16(27(24,25)21-2)11-17(13)19(23)22-9-10-26-18(12-22)14-4-6-15(20)7-5-14/h3-8,11,18,21H,9-10,12H2,1-2H3. The van der Waals surface area contributed by atoms with Crippen molar-refractivity contribution in [2.75, 3.05) is 26.7 Å². The number of halogens is 1. The average Bonchev–Trinajstić information content (AvgIpc) is 2.68. The first-order valence-electron chi connectivity index (χ1n) is 8.52. The van der Waals surface area contributed by atoms with Gasteiger partial charge in [0.05, 0.1) is 18.0 Å². The lowest BCUT2D eigenvalue weighted by Crippen LogP contribution is -2.42. The Morgan fingerprint density at radius 3 is 2.59 bits per heavy atom. The predicted molar refractivity (Wildman–Crippen MR) is 98.4 cm³/mol. The molecule has 27 heavy (non-hydrogen) atoms. The van der Waals surface area contributed by atoms with Gasteiger partial charge in [0, 0.05) is 12.1 Å². The number of benzene rings is 2. The Morgan fingerprint density at radius 1 is 1.22 bits per heavy atom. The van der Waals surface area contributed by atoms with Crippen LogP contribution in [-0.4, -0.2) is 46.0 Å². The molecule has 1 amide bonds. The normalized spacial score (nSPS) is 17.7. The van der Waals surface area contributed by atoms with Crippen LogP contribution in [0.25, 0.3) is 0 Å². The number of sulfonamides is 1. The molecule has 2 aromatic carbocycles. The van der Waals surface area contributed by atoms with Crippen LogP contribution < -0.4 is 4.72 Å². The number of hydrogen-bond acceptors (Lipinski definition) is 4. The number of ether oxygens (including phenoxy) is 1. The Morgan fingerprint density at radius 2 is 1.93 bits per heavy atom. The second kappa shape index (κ2) is 7.75. The monoisotopic (exact) mass is 392 g/mol. The number of hydrogen-bond donors (Lipinski definition) is 1. The second-order valence-corrected chi connectivity index (χ2v) is 8.23. The quantitative estimate of drug-likeness (QED) is 0.866. The molecule has 6 nitrogen and oxygen atoms in total. The van der Waals surface area contributed by atoms with Crippen LogP contribution in [0.2, 0.25) is 0 Å². The molecule has 0 bridgehead atoms. The summed E-state index contributed by atoms with van der Waals surface area (Å²) in [6.45, 7) is 2.83. The van der Waals surface area contributed by atoms with E-state index in [4.69, 9.17) is 4.74 Å². The number of nitrogens with one attached hydrogen (secondary N) is 1. The molecule has 1 aliphatic heterocycles. The van der Waals surface area contributed by atoms with Gasteiger partial charge >= 0.3 is 0 Å². The number of morpholine rings is 1. The molecular weight excluding hydrogens is 371 g/mol. The highest BCUT2D eigenvalue weighted by Gasteiger charge is 2.27.